The topological polar surface area (TPSA) is 66.0 Å². The zero-order valence-electron chi connectivity index (χ0n) is 14.5. The van der Waals surface area contributed by atoms with Crippen molar-refractivity contribution >= 4 is 5.97 Å². The second-order valence-electron chi connectivity index (χ2n) is 5.80. The number of benzene rings is 1. The molecule has 0 aromatic heterocycles. The monoisotopic (exact) mass is 337 g/mol. The Balaban J connectivity index is 2.25. The highest BCUT2D eigenvalue weighted by atomic mass is 16.6. The van der Waals surface area contributed by atoms with E-state index in [2.05, 4.69) is 5.32 Å². The molecule has 1 saturated heterocycles. The van der Waals surface area contributed by atoms with Crippen LogP contribution >= 0.6 is 0 Å². The van der Waals surface area contributed by atoms with Gasteiger partial charge in [-0.05, 0) is 32.0 Å². The molecule has 6 nitrogen and oxygen atoms in total. The molecule has 6 heteroatoms. The molecule has 0 radical (unpaired) electrons. The number of para-hydroxylation sites is 1. The molecule has 0 saturated carbocycles. The van der Waals surface area contributed by atoms with E-state index in [-0.39, 0.29) is 12.6 Å². The van der Waals surface area contributed by atoms with Crippen molar-refractivity contribution in [2.45, 2.75) is 18.3 Å². The smallest absolute Gasteiger partial charge is 0.316 e. The van der Waals surface area contributed by atoms with Crippen LogP contribution in [0.2, 0.25) is 0 Å². The third-order valence-electron chi connectivity index (χ3n) is 4.32. The first kappa shape index (κ1) is 18.7. The van der Waals surface area contributed by atoms with Crippen molar-refractivity contribution in [3.05, 3.63) is 29.8 Å². The molecule has 1 aromatic rings. The lowest BCUT2D eigenvalue weighted by molar-refractivity contribution is -0.153. The molecule has 0 aliphatic carbocycles. The van der Waals surface area contributed by atoms with E-state index in [0.717, 1.165) is 24.4 Å². The molecule has 2 rings (SSSR count). The number of esters is 1. The number of rotatable bonds is 9. The normalized spacial score (nSPS) is 16.6. The van der Waals surface area contributed by atoms with Gasteiger partial charge in [0.2, 0.25) is 0 Å². The Bertz CT molecular complexity index is 514. The van der Waals surface area contributed by atoms with Crippen molar-refractivity contribution in [1.82, 2.24) is 5.32 Å². The minimum Gasteiger partial charge on any atom is -0.491 e. The van der Waals surface area contributed by atoms with Gasteiger partial charge in [-0.2, -0.15) is 0 Å². The zero-order valence-corrected chi connectivity index (χ0v) is 14.5. The molecular weight excluding hydrogens is 310 g/mol. The van der Waals surface area contributed by atoms with E-state index in [0.29, 0.717) is 32.7 Å². The highest BCUT2D eigenvalue weighted by Gasteiger charge is 2.44. The van der Waals surface area contributed by atoms with Gasteiger partial charge in [-0.3, -0.25) is 4.79 Å². The molecule has 0 amide bonds. The van der Waals surface area contributed by atoms with Gasteiger partial charge in [0.15, 0.2) is 0 Å². The first-order valence-electron chi connectivity index (χ1n) is 8.33. The molecule has 0 bridgehead atoms. The van der Waals surface area contributed by atoms with Crippen molar-refractivity contribution in [3.63, 3.8) is 0 Å². The molecule has 1 aromatic carbocycles. The van der Waals surface area contributed by atoms with Gasteiger partial charge in [0.1, 0.15) is 19.0 Å². The maximum Gasteiger partial charge on any atom is 0.316 e. The molecule has 1 heterocycles. The fourth-order valence-electron chi connectivity index (χ4n) is 3.02. The van der Waals surface area contributed by atoms with Crippen LogP contribution in [0.25, 0.3) is 0 Å². The average molecular weight is 337 g/mol. The molecular formula is C18H27NO5. The summed E-state index contributed by atoms with van der Waals surface area (Å²) in [5, 5.41) is 3.31. The second-order valence-corrected chi connectivity index (χ2v) is 5.80. The van der Waals surface area contributed by atoms with E-state index in [9.17, 15) is 4.79 Å². The summed E-state index contributed by atoms with van der Waals surface area (Å²) in [7, 11) is 3.23. The fraction of sp³-hybridized carbons (Fsp3) is 0.611. The van der Waals surface area contributed by atoms with Gasteiger partial charge in [0, 0.05) is 19.8 Å². The third-order valence-corrected chi connectivity index (χ3v) is 4.32. The number of ether oxygens (including phenoxy) is 4. The summed E-state index contributed by atoms with van der Waals surface area (Å²) < 4.78 is 21.4. The molecule has 134 valence electrons. The van der Waals surface area contributed by atoms with Crippen LogP contribution in [0.15, 0.2) is 24.3 Å². The summed E-state index contributed by atoms with van der Waals surface area (Å²) in [6.07, 6.45) is 1.37. The molecule has 0 spiro atoms. The predicted octanol–water partition coefficient (Wildman–Crippen LogP) is 1.52. The Morgan fingerprint density at radius 3 is 2.42 bits per heavy atom. The van der Waals surface area contributed by atoms with Gasteiger partial charge in [0.05, 0.1) is 18.6 Å². The van der Waals surface area contributed by atoms with E-state index >= 15 is 0 Å². The van der Waals surface area contributed by atoms with Gasteiger partial charge >= 0.3 is 5.97 Å². The predicted molar refractivity (Wildman–Crippen MR) is 90.4 cm³/mol. The van der Waals surface area contributed by atoms with E-state index in [1.807, 2.05) is 24.3 Å². The van der Waals surface area contributed by atoms with Crippen LogP contribution in [0.3, 0.4) is 0 Å². The highest BCUT2D eigenvalue weighted by molar-refractivity contribution is 5.84. The van der Waals surface area contributed by atoms with Crippen LogP contribution in [-0.4, -0.2) is 59.7 Å². The van der Waals surface area contributed by atoms with Gasteiger partial charge in [-0.25, -0.2) is 0 Å². The summed E-state index contributed by atoms with van der Waals surface area (Å²) in [6.45, 7) is 3.14. The lowest BCUT2D eigenvalue weighted by Gasteiger charge is -2.36. The fourth-order valence-corrected chi connectivity index (χ4v) is 3.02. The Hall–Kier alpha value is -1.63. The number of carbonyl (C=O) groups is 1. The van der Waals surface area contributed by atoms with Crippen LogP contribution < -0.4 is 10.1 Å². The summed E-state index contributed by atoms with van der Waals surface area (Å²) in [6, 6.07) is 7.71. The van der Waals surface area contributed by atoms with Gasteiger partial charge in [0.25, 0.3) is 0 Å². The van der Waals surface area contributed by atoms with Crippen LogP contribution in [0.5, 0.6) is 5.75 Å². The van der Waals surface area contributed by atoms with Crippen molar-refractivity contribution in [1.29, 1.82) is 0 Å². The second kappa shape index (κ2) is 9.61. The molecule has 1 aliphatic rings. The van der Waals surface area contributed by atoms with Crippen molar-refractivity contribution in [2.24, 2.45) is 0 Å². The number of carbonyl (C=O) groups excluding carboxylic acids is 1. The Morgan fingerprint density at radius 2 is 1.71 bits per heavy atom. The maximum atomic E-state index is 12.9. The molecule has 1 aliphatic heterocycles. The SMILES string of the molecule is COCCOC(=O)C1(c2ccccc2OCCOC)CCNCC1. The third kappa shape index (κ3) is 4.47. The van der Waals surface area contributed by atoms with Gasteiger partial charge < -0.3 is 24.3 Å². The standard InChI is InChI=1S/C18H27NO5/c1-21-11-13-23-16-6-4-3-5-15(16)18(7-9-19-10-8-18)17(20)24-14-12-22-2/h3-6,19H,7-14H2,1-2H3. The molecule has 1 fully saturated rings. The van der Waals surface area contributed by atoms with Crippen LogP contribution in [-0.2, 0) is 24.4 Å². The minimum absolute atomic E-state index is 0.205. The summed E-state index contributed by atoms with van der Waals surface area (Å²) in [5.41, 5.74) is 0.216. The minimum atomic E-state index is -0.678. The van der Waals surface area contributed by atoms with Gasteiger partial charge in [-0.15, -0.1) is 0 Å². The first-order valence-corrected chi connectivity index (χ1v) is 8.33. The van der Waals surface area contributed by atoms with Crippen molar-refractivity contribution < 1.29 is 23.7 Å². The summed E-state index contributed by atoms with van der Waals surface area (Å²) >= 11 is 0. The highest BCUT2D eigenvalue weighted by Crippen LogP contribution is 2.40. The van der Waals surface area contributed by atoms with Crippen molar-refractivity contribution in [2.75, 3.05) is 53.7 Å². The van der Waals surface area contributed by atoms with E-state index in [1.54, 1.807) is 14.2 Å². The number of methoxy groups -OCH3 is 2. The lowest BCUT2D eigenvalue weighted by atomic mass is 9.72. The van der Waals surface area contributed by atoms with Crippen LogP contribution in [0, 0.1) is 0 Å². The van der Waals surface area contributed by atoms with E-state index in [4.69, 9.17) is 18.9 Å². The molecule has 0 unspecified atom stereocenters. The Kier molecular flexibility index (Phi) is 7.49. The number of hydrogen-bond acceptors (Lipinski definition) is 6. The van der Waals surface area contributed by atoms with Crippen LogP contribution in [0.1, 0.15) is 18.4 Å². The van der Waals surface area contributed by atoms with Crippen molar-refractivity contribution in [3.8, 4) is 5.75 Å². The van der Waals surface area contributed by atoms with Gasteiger partial charge in [-0.1, -0.05) is 18.2 Å². The molecule has 24 heavy (non-hydrogen) atoms. The van der Waals surface area contributed by atoms with E-state index in [1.165, 1.54) is 0 Å². The Morgan fingerprint density at radius 1 is 1.04 bits per heavy atom. The lowest BCUT2D eigenvalue weighted by Crippen LogP contribution is -2.47. The molecule has 0 atom stereocenters. The zero-order chi connectivity index (χ0) is 17.3. The summed E-state index contributed by atoms with van der Waals surface area (Å²) in [4.78, 5) is 12.9. The largest absolute Gasteiger partial charge is 0.491 e. The summed E-state index contributed by atoms with van der Waals surface area (Å²) in [5.74, 6) is 0.518. The number of piperidine rings is 1. The van der Waals surface area contributed by atoms with Crippen LogP contribution in [0.4, 0.5) is 0 Å². The maximum absolute atomic E-state index is 12.9. The number of nitrogens with one attached hydrogen (secondary N) is 1. The Labute approximate surface area is 143 Å². The number of hydrogen-bond donors (Lipinski definition) is 1. The first-order chi connectivity index (χ1) is 11.7. The average Bonchev–Trinajstić information content (AvgIpc) is 2.63. The quantitative estimate of drug-likeness (QED) is 0.544. The van der Waals surface area contributed by atoms with E-state index < -0.39 is 5.41 Å². The molecule has 1 N–H and O–H groups in total.